The second-order valence-electron chi connectivity index (χ2n) is 3.57. The Kier molecular flexibility index (Phi) is 1.80. The summed E-state index contributed by atoms with van der Waals surface area (Å²) in [7, 11) is 0. The zero-order valence-corrected chi connectivity index (χ0v) is 8.79. The summed E-state index contributed by atoms with van der Waals surface area (Å²) in [6.45, 7) is 2.51. The Labute approximate surface area is 91.0 Å². The standard InChI is InChI=1S/C11H10N4O/c1-2-14-10(16)8-5-3-4-6-9(8)15-7-12-13-11(14)15/h3-7H,2H2,1H3. The first kappa shape index (κ1) is 9.08. The summed E-state index contributed by atoms with van der Waals surface area (Å²) < 4.78 is 3.45. The summed E-state index contributed by atoms with van der Waals surface area (Å²) in [5.41, 5.74) is 0.829. The number of para-hydroxylation sites is 1. The molecule has 0 amide bonds. The van der Waals surface area contributed by atoms with Crippen molar-refractivity contribution in [2.75, 3.05) is 0 Å². The summed E-state index contributed by atoms with van der Waals surface area (Å²) in [4.78, 5) is 12.2. The number of benzene rings is 1. The summed E-state index contributed by atoms with van der Waals surface area (Å²) in [5.74, 6) is 0.589. The molecule has 2 aromatic heterocycles. The van der Waals surface area contributed by atoms with Crippen LogP contribution in [-0.2, 0) is 6.54 Å². The highest BCUT2D eigenvalue weighted by molar-refractivity contribution is 5.79. The monoisotopic (exact) mass is 214 g/mol. The molecule has 16 heavy (non-hydrogen) atoms. The van der Waals surface area contributed by atoms with Crippen LogP contribution in [0.4, 0.5) is 0 Å². The number of nitrogens with zero attached hydrogens (tertiary/aromatic N) is 4. The van der Waals surface area contributed by atoms with Gasteiger partial charge in [0.15, 0.2) is 0 Å². The van der Waals surface area contributed by atoms with Gasteiger partial charge in [-0.3, -0.25) is 13.8 Å². The molecule has 0 fully saturated rings. The lowest BCUT2D eigenvalue weighted by molar-refractivity contribution is 0.735. The molecule has 0 saturated heterocycles. The maximum Gasteiger partial charge on any atom is 0.262 e. The van der Waals surface area contributed by atoms with Crippen LogP contribution in [0.3, 0.4) is 0 Å². The zero-order chi connectivity index (χ0) is 11.1. The van der Waals surface area contributed by atoms with Crippen molar-refractivity contribution in [2.24, 2.45) is 0 Å². The molecule has 0 unspecified atom stereocenters. The van der Waals surface area contributed by atoms with E-state index >= 15 is 0 Å². The van der Waals surface area contributed by atoms with E-state index in [0.717, 1.165) is 5.52 Å². The Bertz CT molecular complexity index is 726. The first-order chi connectivity index (χ1) is 7.83. The summed E-state index contributed by atoms with van der Waals surface area (Å²) >= 11 is 0. The Morgan fingerprint density at radius 2 is 2.12 bits per heavy atom. The van der Waals surface area contributed by atoms with E-state index < -0.39 is 0 Å². The van der Waals surface area contributed by atoms with Crippen LogP contribution < -0.4 is 5.56 Å². The molecule has 0 aliphatic carbocycles. The van der Waals surface area contributed by atoms with E-state index in [1.165, 1.54) is 0 Å². The maximum atomic E-state index is 12.2. The van der Waals surface area contributed by atoms with Crippen molar-refractivity contribution in [3.05, 3.63) is 40.9 Å². The van der Waals surface area contributed by atoms with Gasteiger partial charge in [-0.1, -0.05) is 12.1 Å². The van der Waals surface area contributed by atoms with Crippen LogP contribution in [0, 0.1) is 0 Å². The molecule has 0 spiro atoms. The molecule has 0 atom stereocenters. The molecule has 5 heteroatoms. The maximum absolute atomic E-state index is 12.2. The number of aromatic nitrogens is 4. The smallest absolute Gasteiger partial charge is 0.262 e. The van der Waals surface area contributed by atoms with Gasteiger partial charge >= 0.3 is 0 Å². The molecule has 0 aliphatic heterocycles. The molecular weight excluding hydrogens is 204 g/mol. The predicted octanol–water partition coefficient (Wildman–Crippen LogP) is 1.06. The van der Waals surface area contributed by atoms with Crippen molar-refractivity contribution in [1.82, 2.24) is 19.2 Å². The molecule has 3 rings (SSSR count). The van der Waals surface area contributed by atoms with Crippen LogP contribution >= 0.6 is 0 Å². The van der Waals surface area contributed by atoms with E-state index in [-0.39, 0.29) is 5.56 Å². The lowest BCUT2D eigenvalue weighted by atomic mass is 10.2. The van der Waals surface area contributed by atoms with Gasteiger partial charge in [-0.2, -0.15) is 0 Å². The van der Waals surface area contributed by atoms with Gasteiger partial charge in [0, 0.05) is 6.54 Å². The second-order valence-corrected chi connectivity index (χ2v) is 3.57. The molecule has 0 aliphatic rings. The molecule has 80 valence electrons. The normalized spacial score (nSPS) is 11.3. The Morgan fingerprint density at radius 3 is 2.94 bits per heavy atom. The van der Waals surface area contributed by atoms with Crippen LogP contribution in [-0.4, -0.2) is 19.2 Å². The van der Waals surface area contributed by atoms with Crippen LogP contribution in [0.1, 0.15) is 6.92 Å². The van der Waals surface area contributed by atoms with E-state index in [1.807, 2.05) is 35.6 Å². The van der Waals surface area contributed by atoms with Crippen molar-refractivity contribution in [3.8, 4) is 0 Å². The first-order valence-electron chi connectivity index (χ1n) is 5.14. The SMILES string of the molecule is CCn1c(=O)c2ccccc2n2cnnc12. The van der Waals surface area contributed by atoms with E-state index in [9.17, 15) is 4.79 Å². The van der Waals surface area contributed by atoms with Gasteiger partial charge < -0.3 is 0 Å². The van der Waals surface area contributed by atoms with Crippen molar-refractivity contribution in [2.45, 2.75) is 13.5 Å². The minimum absolute atomic E-state index is 0.0152. The minimum atomic E-state index is -0.0152. The van der Waals surface area contributed by atoms with Crippen LogP contribution in [0.2, 0.25) is 0 Å². The quantitative estimate of drug-likeness (QED) is 0.608. The molecule has 1 aromatic carbocycles. The Balaban J connectivity index is 2.69. The highest BCUT2D eigenvalue weighted by atomic mass is 16.1. The molecule has 0 bridgehead atoms. The summed E-state index contributed by atoms with van der Waals surface area (Å²) in [5, 5.41) is 8.52. The average molecular weight is 214 g/mol. The van der Waals surface area contributed by atoms with Crippen molar-refractivity contribution >= 4 is 16.7 Å². The van der Waals surface area contributed by atoms with E-state index in [4.69, 9.17) is 0 Å². The van der Waals surface area contributed by atoms with Gasteiger partial charge in [0.25, 0.3) is 5.56 Å². The van der Waals surface area contributed by atoms with Gasteiger partial charge in [-0.05, 0) is 19.1 Å². The lowest BCUT2D eigenvalue weighted by Crippen LogP contribution is -2.22. The highest BCUT2D eigenvalue weighted by Crippen LogP contribution is 2.11. The molecule has 0 saturated carbocycles. The van der Waals surface area contributed by atoms with E-state index in [1.54, 1.807) is 10.9 Å². The van der Waals surface area contributed by atoms with Crippen LogP contribution in [0.15, 0.2) is 35.4 Å². The van der Waals surface area contributed by atoms with Crippen molar-refractivity contribution < 1.29 is 0 Å². The van der Waals surface area contributed by atoms with E-state index in [2.05, 4.69) is 10.2 Å². The van der Waals surface area contributed by atoms with Crippen molar-refractivity contribution in [1.29, 1.82) is 0 Å². The molecule has 0 N–H and O–H groups in total. The number of hydrogen-bond donors (Lipinski definition) is 0. The van der Waals surface area contributed by atoms with Gasteiger partial charge in [0.1, 0.15) is 6.33 Å². The van der Waals surface area contributed by atoms with Crippen LogP contribution in [0.25, 0.3) is 16.7 Å². The van der Waals surface area contributed by atoms with Crippen LogP contribution in [0.5, 0.6) is 0 Å². The third kappa shape index (κ3) is 1.02. The molecular formula is C11H10N4O. The molecule has 0 radical (unpaired) electrons. The van der Waals surface area contributed by atoms with Gasteiger partial charge in [0.05, 0.1) is 10.9 Å². The first-order valence-corrected chi connectivity index (χ1v) is 5.14. The molecule has 3 aromatic rings. The Hall–Kier alpha value is -2.17. The van der Waals surface area contributed by atoms with E-state index in [0.29, 0.717) is 17.7 Å². The third-order valence-electron chi connectivity index (χ3n) is 2.73. The number of aryl methyl sites for hydroxylation is 1. The third-order valence-corrected chi connectivity index (χ3v) is 2.73. The molecule has 2 heterocycles. The summed E-state index contributed by atoms with van der Waals surface area (Å²) in [6, 6.07) is 7.48. The number of fused-ring (bicyclic) bond motifs is 3. The number of rotatable bonds is 1. The average Bonchev–Trinajstić information content (AvgIpc) is 2.79. The van der Waals surface area contributed by atoms with Gasteiger partial charge in [-0.15, -0.1) is 10.2 Å². The fraction of sp³-hybridized carbons (Fsp3) is 0.182. The highest BCUT2D eigenvalue weighted by Gasteiger charge is 2.09. The lowest BCUT2D eigenvalue weighted by Gasteiger charge is -2.06. The van der Waals surface area contributed by atoms with Gasteiger partial charge in [-0.25, -0.2) is 0 Å². The minimum Gasteiger partial charge on any atom is -0.277 e. The zero-order valence-electron chi connectivity index (χ0n) is 8.79. The topological polar surface area (TPSA) is 52.2 Å². The molecule has 5 nitrogen and oxygen atoms in total. The van der Waals surface area contributed by atoms with Gasteiger partial charge in [0.2, 0.25) is 5.78 Å². The fourth-order valence-electron chi connectivity index (χ4n) is 1.97. The predicted molar refractivity (Wildman–Crippen MR) is 60.4 cm³/mol. The summed E-state index contributed by atoms with van der Waals surface area (Å²) in [6.07, 6.45) is 1.63. The fourth-order valence-corrected chi connectivity index (χ4v) is 1.97. The van der Waals surface area contributed by atoms with Crippen molar-refractivity contribution in [3.63, 3.8) is 0 Å². The Morgan fingerprint density at radius 1 is 1.31 bits per heavy atom. The second kappa shape index (κ2) is 3.16. The number of hydrogen-bond acceptors (Lipinski definition) is 3. The largest absolute Gasteiger partial charge is 0.277 e.